The molecule has 0 spiro atoms. The van der Waals surface area contributed by atoms with Gasteiger partial charge >= 0.3 is 0 Å². The van der Waals surface area contributed by atoms with Crippen LogP contribution in [-0.2, 0) is 4.74 Å². The van der Waals surface area contributed by atoms with Crippen molar-refractivity contribution < 1.29 is 18.3 Å². The Morgan fingerprint density at radius 3 is 2.71 bits per heavy atom. The molecule has 0 aliphatic carbocycles. The topological polar surface area (TPSA) is 72.4 Å². The van der Waals surface area contributed by atoms with Crippen LogP contribution >= 0.6 is 0 Å². The van der Waals surface area contributed by atoms with Crippen molar-refractivity contribution in [1.29, 1.82) is 0 Å². The summed E-state index contributed by atoms with van der Waals surface area (Å²) in [5.41, 5.74) is 1.52. The second-order valence-corrected chi connectivity index (χ2v) is 7.84. The molecule has 5 rings (SSSR count). The predicted molar refractivity (Wildman–Crippen MR) is 112 cm³/mol. The van der Waals surface area contributed by atoms with Crippen LogP contribution in [0.5, 0.6) is 5.75 Å². The SMILES string of the molecule is Fc1ccc(OC2CCN(c3nc4ccncc4nc3NC3CCOC3)CC2)c(F)c1. The van der Waals surface area contributed by atoms with E-state index < -0.39 is 11.6 Å². The summed E-state index contributed by atoms with van der Waals surface area (Å²) in [7, 11) is 0. The average Bonchev–Trinajstić information content (AvgIpc) is 3.29. The predicted octanol–water partition coefficient (Wildman–Crippen LogP) is 3.55. The minimum atomic E-state index is -0.679. The second-order valence-electron chi connectivity index (χ2n) is 7.84. The lowest BCUT2D eigenvalue weighted by atomic mass is 10.1. The highest BCUT2D eigenvalue weighted by molar-refractivity contribution is 5.79. The zero-order valence-corrected chi connectivity index (χ0v) is 16.9. The Morgan fingerprint density at radius 2 is 1.94 bits per heavy atom. The van der Waals surface area contributed by atoms with E-state index in [-0.39, 0.29) is 17.9 Å². The minimum Gasteiger partial charge on any atom is -0.487 e. The van der Waals surface area contributed by atoms with Gasteiger partial charge in [0.15, 0.2) is 23.2 Å². The molecule has 2 fully saturated rings. The number of aromatic nitrogens is 3. The molecule has 0 amide bonds. The lowest BCUT2D eigenvalue weighted by Crippen LogP contribution is -2.39. The van der Waals surface area contributed by atoms with Crippen LogP contribution < -0.4 is 15.0 Å². The third-order valence-corrected chi connectivity index (χ3v) is 5.65. The van der Waals surface area contributed by atoms with E-state index in [1.807, 2.05) is 6.07 Å². The molecule has 2 aromatic heterocycles. The first-order valence-electron chi connectivity index (χ1n) is 10.5. The molecule has 4 heterocycles. The number of anilines is 2. The summed E-state index contributed by atoms with van der Waals surface area (Å²) in [6.07, 6.45) is 5.58. The average molecular weight is 427 g/mol. The number of halogens is 2. The van der Waals surface area contributed by atoms with Gasteiger partial charge in [-0.15, -0.1) is 0 Å². The fraction of sp³-hybridized carbons (Fsp3) is 0.409. The van der Waals surface area contributed by atoms with Crippen molar-refractivity contribution in [2.75, 3.05) is 36.5 Å². The lowest BCUT2D eigenvalue weighted by molar-refractivity contribution is 0.163. The number of hydrogen-bond acceptors (Lipinski definition) is 7. The van der Waals surface area contributed by atoms with Gasteiger partial charge < -0.3 is 19.7 Å². The number of nitrogens with zero attached hydrogens (tertiary/aromatic N) is 4. The number of benzene rings is 1. The summed E-state index contributed by atoms with van der Waals surface area (Å²) >= 11 is 0. The molecule has 2 saturated heterocycles. The van der Waals surface area contributed by atoms with Crippen molar-refractivity contribution in [2.45, 2.75) is 31.4 Å². The molecule has 3 aromatic rings. The first-order chi connectivity index (χ1) is 15.2. The van der Waals surface area contributed by atoms with Crippen molar-refractivity contribution in [3.63, 3.8) is 0 Å². The van der Waals surface area contributed by atoms with Crippen LogP contribution in [0.4, 0.5) is 20.4 Å². The Labute approximate surface area is 178 Å². The van der Waals surface area contributed by atoms with E-state index in [0.717, 1.165) is 41.8 Å². The van der Waals surface area contributed by atoms with Crippen molar-refractivity contribution in [2.24, 2.45) is 0 Å². The van der Waals surface area contributed by atoms with Gasteiger partial charge in [-0.25, -0.2) is 18.7 Å². The van der Waals surface area contributed by atoms with E-state index in [4.69, 9.17) is 19.4 Å². The number of rotatable bonds is 5. The molecule has 0 radical (unpaired) electrons. The fourth-order valence-corrected chi connectivity index (χ4v) is 3.99. The van der Waals surface area contributed by atoms with Crippen LogP contribution in [0.15, 0.2) is 36.7 Å². The zero-order valence-electron chi connectivity index (χ0n) is 16.9. The second kappa shape index (κ2) is 8.58. The number of fused-ring (bicyclic) bond motifs is 1. The van der Waals surface area contributed by atoms with E-state index in [1.54, 1.807) is 12.4 Å². The largest absolute Gasteiger partial charge is 0.487 e. The maximum absolute atomic E-state index is 13.9. The Balaban J connectivity index is 1.33. The molecular weight excluding hydrogens is 404 g/mol. The van der Waals surface area contributed by atoms with E-state index >= 15 is 0 Å². The molecule has 1 atom stereocenters. The maximum Gasteiger partial charge on any atom is 0.172 e. The molecule has 9 heteroatoms. The van der Waals surface area contributed by atoms with Gasteiger partial charge in [0.1, 0.15) is 17.4 Å². The first kappa shape index (κ1) is 19.9. The highest BCUT2D eigenvalue weighted by Gasteiger charge is 2.26. The van der Waals surface area contributed by atoms with Gasteiger partial charge in [-0.05, 0) is 24.6 Å². The fourth-order valence-electron chi connectivity index (χ4n) is 3.99. The molecule has 1 N–H and O–H groups in total. The Kier molecular flexibility index (Phi) is 5.50. The van der Waals surface area contributed by atoms with Crippen LogP contribution in [0.25, 0.3) is 11.0 Å². The number of piperidine rings is 1. The van der Waals surface area contributed by atoms with Crippen LogP contribution in [-0.4, -0.2) is 53.4 Å². The highest BCUT2D eigenvalue weighted by atomic mass is 19.1. The van der Waals surface area contributed by atoms with Crippen molar-refractivity contribution in [3.05, 3.63) is 48.3 Å². The Hall–Kier alpha value is -3.07. The van der Waals surface area contributed by atoms with Crippen molar-refractivity contribution in [3.8, 4) is 5.75 Å². The molecule has 2 aliphatic heterocycles. The number of hydrogen-bond donors (Lipinski definition) is 1. The van der Waals surface area contributed by atoms with Gasteiger partial charge in [-0.3, -0.25) is 4.98 Å². The summed E-state index contributed by atoms with van der Waals surface area (Å²) < 4.78 is 38.3. The first-order valence-corrected chi connectivity index (χ1v) is 10.5. The van der Waals surface area contributed by atoms with Crippen molar-refractivity contribution >= 4 is 22.7 Å². The standard InChI is InChI=1S/C22H23F2N5O2/c23-14-1-2-20(17(24)11-14)31-16-4-8-29(9-5-16)22-21(26-15-6-10-30-13-15)27-19-12-25-7-3-18(19)28-22/h1-3,7,11-12,15-16H,4-6,8-10,13H2,(H,26,27). The molecule has 1 aromatic carbocycles. The van der Waals surface area contributed by atoms with E-state index in [2.05, 4.69) is 15.2 Å². The van der Waals surface area contributed by atoms with Crippen LogP contribution in [0.1, 0.15) is 19.3 Å². The smallest absolute Gasteiger partial charge is 0.172 e. The van der Waals surface area contributed by atoms with E-state index in [9.17, 15) is 8.78 Å². The third kappa shape index (κ3) is 4.36. The zero-order chi connectivity index (χ0) is 21.2. The molecule has 1 unspecified atom stereocenters. The summed E-state index contributed by atoms with van der Waals surface area (Å²) in [5.74, 6) is 0.303. The maximum atomic E-state index is 13.9. The number of ether oxygens (including phenoxy) is 2. The monoisotopic (exact) mass is 427 g/mol. The van der Waals surface area contributed by atoms with Gasteiger partial charge in [-0.2, -0.15) is 0 Å². The summed E-state index contributed by atoms with van der Waals surface area (Å²) in [4.78, 5) is 15.9. The van der Waals surface area contributed by atoms with Gasteiger partial charge in [0, 0.05) is 44.8 Å². The molecule has 0 bridgehead atoms. The highest BCUT2D eigenvalue weighted by Crippen LogP contribution is 2.30. The molecule has 31 heavy (non-hydrogen) atoms. The minimum absolute atomic E-state index is 0.0847. The lowest BCUT2D eigenvalue weighted by Gasteiger charge is -2.34. The van der Waals surface area contributed by atoms with Crippen LogP contribution in [0.3, 0.4) is 0 Å². The van der Waals surface area contributed by atoms with Gasteiger partial charge in [0.25, 0.3) is 0 Å². The van der Waals surface area contributed by atoms with Gasteiger partial charge in [0.05, 0.1) is 24.4 Å². The summed E-state index contributed by atoms with van der Waals surface area (Å²) in [5, 5.41) is 3.48. The summed E-state index contributed by atoms with van der Waals surface area (Å²) in [6, 6.07) is 5.43. The quantitative estimate of drug-likeness (QED) is 0.668. The summed E-state index contributed by atoms with van der Waals surface area (Å²) in [6.45, 7) is 2.76. The van der Waals surface area contributed by atoms with E-state index in [1.165, 1.54) is 12.1 Å². The number of nitrogens with one attached hydrogen (secondary N) is 1. The molecular formula is C22H23F2N5O2. The number of pyridine rings is 1. The Morgan fingerprint density at radius 1 is 1.06 bits per heavy atom. The molecule has 2 aliphatic rings. The van der Waals surface area contributed by atoms with Crippen molar-refractivity contribution in [1.82, 2.24) is 15.0 Å². The van der Waals surface area contributed by atoms with Crippen LogP contribution in [0, 0.1) is 11.6 Å². The molecule has 7 nitrogen and oxygen atoms in total. The van der Waals surface area contributed by atoms with Gasteiger partial charge in [-0.1, -0.05) is 0 Å². The molecule has 162 valence electrons. The van der Waals surface area contributed by atoms with Gasteiger partial charge in [0.2, 0.25) is 0 Å². The third-order valence-electron chi connectivity index (χ3n) is 5.65. The Bertz CT molecular complexity index is 1070. The normalized spacial score (nSPS) is 19.7. The molecule has 0 saturated carbocycles. The van der Waals surface area contributed by atoms with Crippen LogP contribution in [0.2, 0.25) is 0 Å². The van der Waals surface area contributed by atoms with E-state index in [0.29, 0.717) is 32.5 Å².